The Morgan fingerprint density at radius 2 is 1.92 bits per heavy atom. The Balaban J connectivity index is 3.31. The van der Waals surface area contributed by atoms with Gasteiger partial charge in [0.25, 0.3) is 0 Å². The molecule has 0 spiro atoms. The summed E-state index contributed by atoms with van der Waals surface area (Å²) in [4.78, 5) is 11.0. The Labute approximate surface area is 78.8 Å². The fraction of sp³-hybridized carbons (Fsp3) is 0.364. The standard InChI is InChI=1S/C11H15NO/c1-4-9-5-6-10(11(12)13)8(3)7(9)2/h5-6H,4H2,1-3H3,(H2,12,13). The van der Waals surface area contributed by atoms with Gasteiger partial charge in [0.05, 0.1) is 0 Å². The van der Waals surface area contributed by atoms with Gasteiger partial charge in [-0.2, -0.15) is 0 Å². The molecule has 0 aliphatic rings. The SMILES string of the molecule is CCc1ccc(C(N)=O)c(C)c1C. The molecule has 0 bridgehead atoms. The molecular formula is C11H15NO. The second kappa shape index (κ2) is 3.60. The molecule has 70 valence electrons. The third kappa shape index (κ3) is 1.72. The van der Waals surface area contributed by atoms with Gasteiger partial charge in [0.1, 0.15) is 0 Å². The number of aryl methyl sites for hydroxylation is 1. The highest BCUT2D eigenvalue weighted by Crippen LogP contribution is 2.17. The number of rotatable bonds is 2. The molecule has 0 saturated heterocycles. The second-order valence-electron chi connectivity index (χ2n) is 3.24. The van der Waals surface area contributed by atoms with Gasteiger partial charge in [-0.1, -0.05) is 13.0 Å². The fourth-order valence-corrected chi connectivity index (χ4v) is 1.53. The molecule has 0 aromatic heterocycles. The number of carbonyl (C=O) groups is 1. The van der Waals surface area contributed by atoms with Gasteiger partial charge >= 0.3 is 0 Å². The molecule has 2 nitrogen and oxygen atoms in total. The lowest BCUT2D eigenvalue weighted by Crippen LogP contribution is -2.13. The zero-order chi connectivity index (χ0) is 10.0. The van der Waals surface area contributed by atoms with Gasteiger partial charge in [-0.3, -0.25) is 4.79 Å². The predicted molar refractivity (Wildman–Crippen MR) is 53.8 cm³/mol. The lowest BCUT2D eigenvalue weighted by atomic mass is 9.96. The summed E-state index contributed by atoms with van der Waals surface area (Å²) in [6.07, 6.45) is 0.992. The molecular weight excluding hydrogens is 162 g/mol. The van der Waals surface area contributed by atoms with Crippen molar-refractivity contribution in [2.24, 2.45) is 5.73 Å². The maximum absolute atomic E-state index is 11.0. The zero-order valence-corrected chi connectivity index (χ0v) is 8.35. The van der Waals surface area contributed by atoms with E-state index in [1.807, 2.05) is 26.0 Å². The van der Waals surface area contributed by atoms with E-state index in [0.29, 0.717) is 5.56 Å². The molecule has 2 N–H and O–H groups in total. The molecule has 0 fully saturated rings. The average Bonchev–Trinajstić information content (AvgIpc) is 2.09. The smallest absolute Gasteiger partial charge is 0.248 e. The van der Waals surface area contributed by atoms with Gasteiger partial charge < -0.3 is 5.73 Å². The summed E-state index contributed by atoms with van der Waals surface area (Å²) in [7, 11) is 0. The van der Waals surface area contributed by atoms with Crippen LogP contribution in [0.5, 0.6) is 0 Å². The van der Waals surface area contributed by atoms with Crippen molar-refractivity contribution in [1.82, 2.24) is 0 Å². The topological polar surface area (TPSA) is 43.1 Å². The lowest BCUT2D eigenvalue weighted by molar-refractivity contribution is 0.0999. The summed E-state index contributed by atoms with van der Waals surface area (Å²) in [5.41, 5.74) is 9.34. The molecule has 0 saturated carbocycles. The maximum atomic E-state index is 11.0. The monoisotopic (exact) mass is 177 g/mol. The average molecular weight is 177 g/mol. The molecule has 13 heavy (non-hydrogen) atoms. The number of amides is 1. The Hall–Kier alpha value is -1.31. The van der Waals surface area contributed by atoms with Crippen LogP contribution in [0.3, 0.4) is 0 Å². The van der Waals surface area contributed by atoms with E-state index in [9.17, 15) is 4.79 Å². The first-order valence-electron chi connectivity index (χ1n) is 4.46. The Bertz CT molecular complexity index is 342. The van der Waals surface area contributed by atoms with E-state index in [-0.39, 0.29) is 5.91 Å². The predicted octanol–water partition coefficient (Wildman–Crippen LogP) is 1.96. The van der Waals surface area contributed by atoms with E-state index >= 15 is 0 Å². The minimum absolute atomic E-state index is 0.344. The number of carbonyl (C=O) groups excluding carboxylic acids is 1. The van der Waals surface area contributed by atoms with Gasteiger partial charge in [0, 0.05) is 5.56 Å². The van der Waals surface area contributed by atoms with Gasteiger partial charge in [-0.25, -0.2) is 0 Å². The first kappa shape index (κ1) is 9.78. The Kier molecular flexibility index (Phi) is 2.71. The van der Waals surface area contributed by atoms with Gasteiger partial charge in [0.15, 0.2) is 0 Å². The maximum Gasteiger partial charge on any atom is 0.248 e. The van der Waals surface area contributed by atoms with Crippen molar-refractivity contribution in [3.05, 3.63) is 34.4 Å². The van der Waals surface area contributed by atoms with E-state index in [2.05, 4.69) is 6.92 Å². The van der Waals surface area contributed by atoms with E-state index in [0.717, 1.165) is 12.0 Å². The van der Waals surface area contributed by atoms with Crippen LogP contribution in [-0.2, 0) is 6.42 Å². The summed E-state index contributed by atoms with van der Waals surface area (Å²) >= 11 is 0. The number of primary amides is 1. The van der Waals surface area contributed by atoms with Crippen molar-refractivity contribution in [1.29, 1.82) is 0 Å². The zero-order valence-electron chi connectivity index (χ0n) is 8.35. The molecule has 0 heterocycles. The highest BCUT2D eigenvalue weighted by atomic mass is 16.1. The molecule has 0 aliphatic heterocycles. The summed E-state index contributed by atoms with van der Waals surface area (Å²) < 4.78 is 0. The highest BCUT2D eigenvalue weighted by molar-refractivity contribution is 5.94. The molecule has 0 atom stereocenters. The van der Waals surface area contributed by atoms with Crippen LogP contribution >= 0.6 is 0 Å². The Morgan fingerprint density at radius 1 is 1.31 bits per heavy atom. The Morgan fingerprint density at radius 3 is 2.38 bits per heavy atom. The van der Waals surface area contributed by atoms with E-state index in [1.165, 1.54) is 11.1 Å². The van der Waals surface area contributed by atoms with Crippen molar-refractivity contribution >= 4 is 5.91 Å². The first-order valence-corrected chi connectivity index (χ1v) is 4.46. The van der Waals surface area contributed by atoms with Crippen molar-refractivity contribution in [2.45, 2.75) is 27.2 Å². The number of hydrogen-bond donors (Lipinski definition) is 1. The summed E-state index contributed by atoms with van der Waals surface area (Å²) in [6, 6.07) is 3.78. The van der Waals surface area contributed by atoms with Crippen LogP contribution in [0.1, 0.15) is 34.0 Å². The first-order chi connectivity index (χ1) is 6.07. The molecule has 1 rings (SSSR count). The van der Waals surface area contributed by atoms with Crippen LogP contribution in [0.2, 0.25) is 0 Å². The van der Waals surface area contributed by atoms with Gasteiger partial charge in [0.2, 0.25) is 5.91 Å². The molecule has 1 aromatic carbocycles. The van der Waals surface area contributed by atoms with Crippen LogP contribution in [0, 0.1) is 13.8 Å². The number of benzene rings is 1. The minimum Gasteiger partial charge on any atom is -0.366 e. The van der Waals surface area contributed by atoms with Crippen LogP contribution in [0.15, 0.2) is 12.1 Å². The normalized spacial score (nSPS) is 10.1. The minimum atomic E-state index is -0.344. The van der Waals surface area contributed by atoms with Gasteiger partial charge in [-0.15, -0.1) is 0 Å². The molecule has 0 unspecified atom stereocenters. The lowest BCUT2D eigenvalue weighted by Gasteiger charge is -2.09. The molecule has 1 aromatic rings. The molecule has 0 radical (unpaired) electrons. The van der Waals surface area contributed by atoms with Gasteiger partial charge in [-0.05, 0) is 43.0 Å². The van der Waals surface area contributed by atoms with Crippen LogP contribution < -0.4 is 5.73 Å². The highest BCUT2D eigenvalue weighted by Gasteiger charge is 2.08. The second-order valence-corrected chi connectivity index (χ2v) is 3.24. The van der Waals surface area contributed by atoms with Crippen molar-refractivity contribution in [3.63, 3.8) is 0 Å². The number of hydrogen-bond acceptors (Lipinski definition) is 1. The number of nitrogens with two attached hydrogens (primary N) is 1. The van der Waals surface area contributed by atoms with Crippen LogP contribution in [-0.4, -0.2) is 5.91 Å². The van der Waals surface area contributed by atoms with E-state index in [4.69, 9.17) is 5.73 Å². The van der Waals surface area contributed by atoms with Crippen molar-refractivity contribution in [3.8, 4) is 0 Å². The third-order valence-electron chi connectivity index (χ3n) is 2.55. The third-order valence-corrected chi connectivity index (χ3v) is 2.55. The van der Waals surface area contributed by atoms with Crippen molar-refractivity contribution in [2.75, 3.05) is 0 Å². The quantitative estimate of drug-likeness (QED) is 0.737. The molecule has 2 heteroatoms. The fourth-order valence-electron chi connectivity index (χ4n) is 1.53. The largest absolute Gasteiger partial charge is 0.366 e. The van der Waals surface area contributed by atoms with E-state index in [1.54, 1.807) is 0 Å². The molecule has 0 aliphatic carbocycles. The van der Waals surface area contributed by atoms with Crippen molar-refractivity contribution < 1.29 is 4.79 Å². The van der Waals surface area contributed by atoms with E-state index < -0.39 is 0 Å². The van der Waals surface area contributed by atoms with Crippen LogP contribution in [0.25, 0.3) is 0 Å². The summed E-state index contributed by atoms with van der Waals surface area (Å²) in [6.45, 7) is 6.07. The summed E-state index contributed by atoms with van der Waals surface area (Å²) in [5.74, 6) is -0.344. The van der Waals surface area contributed by atoms with Crippen LogP contribution in [0.4, 0.5) is 0 Å². The summed E-state index contributed by atoms with van der Waals surface area (Å²) in [5, 5.41) is 0. The molecule has 1 amide bonds.